The summed E-state index contributed by atoms with van der Waals surface area (Å²) in [6.07, 6.45) is 3.52. The highest BCUT2D eigenvalue weighted by Gasteiger charge is 2.16. The van der Waals surface area contributed by atoms with E-state index in [2.05, 4.69) is 91.0 Å². The molecule has 4 aromatic heterocycles. The Balaban J connectivity index is 0.958. The molecule has 0 N–H and O–H groups in total. The van der Waals surface area contributed by atoms with E-state index in [9.17, 15) is 0 Å². The van der Waals surface area contributed by atoms with Crippen molar-refractivity contribution in [3.8, 4) is 68.1 Å². The van der Waals surface area contributed by atoms with Gasteiger partial charge in [-0.15, -0.1) is 20.4 Å². The number of fused-ring (bicyclic) bond motifs is 2. The normalized spacial score (nSPS) is 11.3. The Bertz CT molecular complexity index is 2400. The molecule has 8 nitrogen and oxygen atoms in total. The first-order valence-electron chi connectivity index (χ1n) is 15.4. The molecule has 0 saturated carbocycles. The van der Waals surface area contributed by atoms with Gasteiger partial charge in [0.05, 0.1) is 22.2 Å². The zero-order valence-corrected chi connectivity index (χ0v) is 25.4. The molecule has 48 heavy (non-hydrogen) atoms. The molecule has 226 valence electrons. The van der Waals surface area contributed by atoms with Crippen molar-refractivity contribution in [2.24, 2.45) is 0 Å². The molecule has 0 aliphatic heterocycles. The smallest absolute Gasteiger partial charge is 0.249 e. The standard InChI is InChI=1S/C40H24N6O2/c1-3-8-25(9-4-1)27-14-16-29-18-33(23-41-35(29)21-27)39-45-43-37(47-39)31-12-7-13-32(20-31)38-44-46-40(48-38)34-19-30-17-15-28(22-36(30)42-24-34)26-10-5-2-6-11-26/h1-24H. The number of pyridine rings is 2. The minimum absolute atomic E-state index is 0.375. The SMILES string of the molecule is c1ccc(-c2ccc3cc(-c4nnc(-c5cccc(-c6nnc(-c7cnc8cc(-c9ccccc9)ccc8c7)o6)c5)o4)cnc3c2)cc1. The van der Waals surface area contributed by atoms with E-state index in [1.54, 1.807) is 12.4 Å². The van der Waals surface area contributed by atoms with E-state index < -0.39 is 0 Å². The number of rotatable bonds is 6. The first-order chi connectivity index (χ1) is 23.7. The average Bonchev–Trinajstić information content (AvgIpc) is 3.87. The molecule has 9 aromatic rings. The quantitative estimate of drug-likeness (QED) is 0.181. The summed E-state index contributed by atoms with van der Waals surface area (Å²) in [5, 5.41) is 19.2. The summed E-state index contributed by atoms with van der Waals surface area (Å²) < 4.78 is 12.2. The number of aromatic nitrogens is 6. The van der Waals surface area contributed by atoms with Crippen LogP contribution in [0, 0.1) is 0 Å². The molecule has 0 radical (unpaired) electrons. The first kappa shape index (κ1) is 27.5. The summed E-state index contributed by atoms with van der Waals surface area (Å²) in [6, 6.07) is 44.6. The van der Waals surface area contributed by atoms with Crippen molar-refractivity contribution in [3.63, 3.8) is 0 Å². The lowest BCUT2D eigenvalue weighted by Crippen LogP contribution is -1.85. The molecule has 8 heteroatoms. The average molecular weight is 621 g/mol. The van der Waals surface area contributed by atoms with Crippen LogP contribution < -0.4 is 0 Å². The largest absolute Gasteiger partial charge is 0.416 e. The lowest BCUT2D eigenvalue weighted by atomic mass is 10.0. The fourth-order valence-corrected chi connectivity index (χ4v) is 5.80. The lowest BCUT2D eigenvalue weighted by Gasteiger charge is -2.04. The summed E-state index contributed by atoms with van der Waals surface area (Å²) in [5.74, 6) is 1.52. The van der Waals surface area contributed by atoms with E-state index in [-0.39, 0.29) is 0 Å². The topological polar surface area (TPSA) is 104 Å². The van der Waals surface area contributed by atoms with Crippen LogP contribution in [0.3, 0.4) is 0 Å². The Morgan fingerprint density at radius 2 is 0.729 bits per heavy atom. The second-order valence-electron chi connectivity index (χ2n) is 11.4. The van der Waals surface area contributed by atoms with Crippen LogP contribution in [0.15, 0.2) is 155 Å². The van der Waals surface area contributed by atoms with E-state index >= 15 is 0 Å². The van der Waals surface area contributed by atoms with Crippen LogP contribution in [0.25, 0.3) is 89.9 Å². The Labute approximate surface area is 274 Å². The molecule has 0 unspecified atom stereocenters. The highest BCUT2D eigenvalue weighted by molar-refractivity contribution is 5.88. The highest BCUT2D eigenvalue weighted by atomic mass is 16.4. The summed E-state index contributed by atoms with van der Waals surface area (Å²) >= 11 is 0. The molecule has 0 atom stereocenters. The highest BCUT2D eigenvalue weighted by Crippen LogP contribution is 2.32. The maximum Gasteiger partial charge on any atom is 0.249 e. The molecule has 4 heterocycles. The number of nitrogens with zero attached hydrogens (tertiary/aromatic N) is 6. The molecule has 0 aliphatic rings. The van der Waals surface area contributed by atoms with Crippen LogP contribution in [0.2, 0.25) is 0 Å². The zero-order valence-electron chi connectivity index (χ0n) is 25.4. The van der Waals surface area contributed by atoms with Gasteiger partial charge in [0.2, 0.25) is 23.6 Å². The third kappa shape index (κ3) is 5.17. The minimum atomic E-state index is 0.375. The predicted octanol–water partition coefficient (Wildman–Crippen LogP) is 9.55. The van der Waals surface area contributed by atoms with Gasteiger partial charge in [0.25, 0.3) is 0 Å². The van der Waals surface area contributed by atoms with E-state index in [4.69, 9.17) is 8.83 Å². The van der Waals surface area contributed by atoms with Crippen molar-refractivity contribution >= 4 is 21.8 Å². The Hall–Kier alpha value is -6.80. The second kappa shape index (κ2) is 11.5. The maximum absolute atomic E-state index is 6.10. The van der Waals surface area contributed by atoms with Gasteiger partial charge in [-0.05, 0) is 64.7 Å². The molecular formula is C40H24N6O2. The van der Waals surface area contributed by atoms with Crippen molar-refractivity contribution < 1.29 is 8.83 Å². The monoisotopic (exact) mass is 620 g/mol. The summed E-state index contributed by atoms with van der Waals surface area (Å²) in [5.41, 5.74) is 9.25. The van der Waals surface area contributed by atoms with E-state index in [0.717, 1.165) is 66.3 Å². The van der Waals surface area contributed by atoms with Crippen LogP contribution in [-0.4, -0.2) is 30.4 Å². The molecule has 0 spiro atoms. The van der Waals surface area contributed by atoms with Gasteiger partial charge in [0.15, 0.2) is 0 Å². The van der Waals surface area contributed by atoms with Crippen molar-refractivity contribution in [2.75, 3.05) is 0 Å². The van der Waals surface area contributed by atoms with Gasteiger partial charge in [-0.1, -0.05) is 91.0 Å². The van der Waals surface area contributed by atoms with E-state index in [1.165, 1.54) is 0 Å². The third-order valence-electron chi connectivity index (χ3n) is 8.28. The first-order valence-corrected chi connectivity index (χ1v) is 15.4. The lowest BCUT2D eigenvalue weighted by molar-refractivity contribution is 0.582. The third-order valence-corrected chi connectivity index (χ3v) is 8.28. The maximum atomic E-state index is 6.10. The number of hydrogen-bond acceptors (Lipinski definition) is 8. The van der Waals surface area contributed by atoms with Crippen molar-refractivity contribution in [1.29, 1.82) is 0 Å². The molecular weight excluding hydrogens is 596 g/mol. The van der Waals surface area contributed by atoms with Gasteiger partial charge in [-0.3, -0.25) is 9.97 Å². The Kier molecular flexibility index (Phi) is 6.61. The fourth-order valence-electron chi connectivity index (χ4n) is 5.80. The molecule has 0 saturated heterocycles. The molecule has 0 bridgehead atoms. The minimum Gasteiger partial charge on any atom is -0.416 e. The van der Waals surface area contributed by atoms with E-state index in [0.29, 0.717) is 23.6 Å². The van der Waals surface area contributed by atoms with Gasteiger partial charge in [0.1, 0.15) is 0 Å². The van der Waals surface area contributed by atoms with Crippen LogP contribution in [-0.2, 0) is 0 Å². The van der Waals surface area contributed by atoms with Crippen molar-refractivity contribution in [2.45, 2.75) is 0 Å². The van der Waals surface area contributed by atoms with Crippen molar-refractivity contribution in [1.82, 2.24) is 30.4 Å². The molecule has 0 amide bonds. The number of hydrogen-bond donors (Lipinski definition) is 0. The van der Waals surface area contributed by atoms with Crippen LogP contribution in [0.1, 0.15) is 0 Å². The summed E-state index contributed by atoms with van der Waals surface area (Å²) in [6.45, 7) is 0. The molecule has 0 aliphatic carbocycles. The predicted molar refractivity (Wildman–Crippen MR) is 185 cm³/mol. The Morgan fingerprint density at radius 3 is 1.19 bits per heavy atom. The Morgan fingerprint density at radius 1 is 0.312 bits per heavy atom. The zero-order chi connectivity index (χ0) is 31.9. The molecule has 9 rings (SSSR count). The molecule has 5 aromatic carbocycles. The van der Waals surface area contributed by atoms with Crippen LogP contribution >= 0.6 is 0 Å². The summed E-state index contributed by atoms with van der Waals surface area (Å²) in [7, 11) is 0. The summed E-state index contributed by atoms with van der Waals surface area (Å²) in [4.78, 5) is 9.36. The van der Waals surface area contributed by atoms with Gasteiger partial charge in [-0.25, -0.2) is 0 Å². The molecule has 0 fully saturated rings. The van der Waals surface area contributed by atoms with Crippen LogP contribution in [0.5, 0.6) is 0 Å². The van der Waals surface area contributed by atoms with Gasteiger partial charge in [-0.2, -0.15) is 0 Å². The van der Waals surface area contributed by atoms with Gasteiger partial charge < -0.3 is 8.83 Å². The second-order valence-corrected chi connectivity index (χ2v) is 11.4. The van der Waals surface area contributed by atoms with Crippen LogP contribution in [0.4, 0.5) is 0 Å². The number of benzene rings is 5. The fraction of sp³-hybridized carbons (Fsp3) is 0. The van der Waals surface area contributed by atoms with Gasteiger partial charge >= 0.3 is 0 Å². The van der Waals surface area contributed by atoms with E-state index in [1.807, 2.05) is 72.8 Å². The van der Waals surface area contributed by atoms with Crippen molar-refractivity contribution in [3.05, 3.63) is 146 Å². The van der Waals surface area contributed by atoms with Gasteiger partial charge in [0, 0.05) is 34.3 Å².